The van der Waals surface area contributed by atoms with Gasteiger partial charge in [-0.05, 0) is 32.6 Å². The maximum atomic E-state index is 12.5. The SMILES string of the molecule is C[C@H]1CC[C@H](C(N)=O)CN1C(=O)c1cc(C2CC2)on1. The van der Waals surface area contributed by atoms with E-state index in [1.54, 1.807) is 11.0 Å². The molecule has 6 nitrogen and oxygen atoms in total. The number of amides is 2. The number of rotatable bonds is 3. The normalized spacial score (nSPS) is 26.6. The molecule has 0 bridgehead atoms. The number of likely N-dealkylation sites (tertiary alicyclic amines) is 1. The van der Waals surface area contributed by atoms with E-state index in [1.807, 2.05) is 6.92 Å². The molecule has 20 heavy (non-hydrogen) atoms. The summed E-state index contributed by atoms with van der Waals surface area (Å²) in [6.07, 6.45) is 3.73. The Kier molecular flexibility index (Phi) is 3.23. The maximum Gasteiger partial charge on any atom is 0.276 e. The Labute approximate surface area is 117 Å². The number of carbonyl (C=O) groups excluding carboxylic acids is 2. The van der Waals surface area contributed by atoms with Crippen LogP contribution in [-0.4, -0.2) is 34.5 Å². The van der Waals surface area contributed by atoms with Crippen LogP contribution in [-0.2, 0) is 4.79 Å². The third-order valence-corrected chi connectivity index (χ3v) is 4.27. The van der Waals surface area contributed by atoms with Crippen molar-refractivity contribution >= 4 is 11.8 Å². The van der Waals surface area contributed by atoms with Crippen molar-refractivity contribution < 1.29 is 14.1 Å². The number of nitrogens with two attached hydrogens (primary N) is 1. The van der Waals surface area contributed by atoms with Gasteiger partial charge in [-0.15, -0.1) is 0 Å². The molecular formula is C14H19N3O3. The molecule has 1 saturated carbocycles. The van der Waals surface area contributed by atoms with E-state index in [-0.39, 0.29) is 23.8 Å². The van der Waals surface area contributed by atoms with Crippen molar-refractivity contribution in [3.63, 3.8) is 0 Å². The van der Waals surface area contributed by atoms with E-state index in [0.29, 0.717) is 18.2 Å². The van der Waals surface area contributed by atoms with Crippen LogP contribution in [0.15, 0.2) is 10.6 Å². The Morgan fingerprint density at radius 2 is 2.10 bits per heavy atom. The number of carbonyl (C=O) groups is 2. The number of aromatic nitrogens is 1. The zero-order valence-electron chi connectivity index (χ0n) is 11.5. The average molecular weight is 277 g/mol. The zero-order valence-corrected chi connectivity index (χ0v) is 11.5. The van der Waals surface area contributed by atoms with E-state index >= 15 is 0 Å². The fraction of sp³-hybridized carbons (Fsp3) is 0.643. The molecule has 2 aliphatic rings. The fourth-order valence-corrected chi connectivity index (χ4v) is 2.72. The number of nitrogens with zero attached hydrogens (tertiary/aromatic N) is 2. The number of hydrogen-bond acceptors (Lipinski definition) is 4. The zero-order chi connectivity index (χ0) is 14.3. The Bertz CT molecular complexity index is 536. The van der Waals surface area contributed by atoms with Crippen molar-refractivity contribution in [3.05, 3.63) is 17.5 Å². The predicted molar refractivity (Wildman–Crippen MR) is 70.9 cm³/mol. The minimum atomic E-state index is -0.339. The van der Waals surface area contributed by atoms with Gasteiger partial charge in [0, 0.05) is 24.6 Å². The van der Waals surface area contributed by atoms with Crippen molar-refractivity contribution in [1.29, 1.82) is 0 Å². The molecule has 1 aromatic heterocycles. The standard InChI is InChI=1S/C14H19N3O3/c1-8-2-3-10(13(15)18)7-17(8)14(19)11-6-12(20-16-11)9-4-5-9/h6,8-10H,2-5,7H2,1H3,(H2,15,18)/t8-,10-/m0/s1. The Morgan fingerprint density at radius 3 is 2.75 bits per heavy atom. The summed E-state index contributed by atoms with van der Waals surface area (Å²) in [4.78, 5) is 25.5. The summed E-state index contributed by atoms with van der Waals surface area (Å²) in [5, 5.41) is 3.87. The van der Waals surface area contributed by atoms with Crippen LogP contribution in [0.4, 0.5) is 0 Å². The summed E-state index contributed by atoms with van der Waals surface area (Å²) >= 11 is 0. The van der Waals surface area contributed by atoms with E-state index in [2.05, 4.69) is 5.16 Å². The second kappa shape index (κ2) is 4.92. The molecule has 2 N–H and O–H groups in total. The van der Waals surface area contributed by atoms with Gasteiger partial charge in [-0.2, -0.15) is 0 Å². The first-order valence-corrected chi connectivity index (χ1v) is 7.13. The molecule has 2 heterocycles. The van der Waals surface area contributed by atoms with E-state index in [1.165, 1.54) is 0 Å². The highest BCUT2D eigenvalue weighted by molar-refractivity contribution is 5.93. The molecule has 0 unspecified atom stereocenters. The van der Waals surface area contributed by atoms with Gasteiger partial charge in [0.1, 0.15) is 5.76 Å². The summed E-state index contributed by atoms with van der Waals surface area (Å²) in [5.74, 6) is 0.461. The summed E-state index contributed by atoms with van der Waals surface area (Å²) in [6.45, 7) is 2.36. The van der Waals surface area contributed by atoms with Crippen molar-refractivity contribution in [2.45, 2.75) is 44.6 Å². The molecule has 1 saturated heterocycles. The van der Waals surface area contributed by atoms with Crippen LogP contribution in [0.5, 0.6) is 0 Å². The van der Waals surface area contributed by atoms with Crippen LogP contribution in [0.1, 0.15) is 54.8 Å². The Balaban J connectivity index is 1.74. The molecule has 2 atom stereocenters. The van der Waals surface area contributed by atoms with Gasteiger partial charge in [-0.1, -0.05) is 5.16 Å². The summed E-state index contributed by atoms with van der Waals surface area (Å²) < 4.78 is 5.22. The fourth-order valence-electron chi connectivity index (χ4n) is 2.72. The molecule has 108 valence electrons. The third-order valence-electron chi connectivity index (χ3n) is 4.27. The lowest BCUT2D eigenvalue weighted by atomic mass is 9.92. The molecule has 2 fully saturated rings. The molecule has 0 radical (unpaired) electrons. The van der Waals surface area contributed by atoms with Gasteiger partial charge in [0.25, 0.3) is 5.91 Å². The van der Waals surface area contributed by atoms with Gasteiger partial charge in [-0.25, -0.2) is 0 Å². The molecule has 1 aliphatic heterocycles. The maximum absolute atomic E-state index is 12.5. The van der Waals surface area contributed by atoms with Gasteiger partial charge >= 0.3 is 0 Å². The molecule has 0 spiro atoms. The highest BCUT2D eigenvalue weighted by Crippen LogP contribution is 2.40. The molecule has 1 aliphatic carbocycles. The van der Waals surface area contributed by atoms with E-state index in [9.17, 15) is 9.59 Å². The third kappa shape index (κ3) is 2.42. The van der Waals surface area contributed by atoms with Gasteiger partial charge in [0.15, 0.2) is 5.69 Å². The van der Waals surface area contributed by atoms with E-state index < -0.39 is 0 Å². The largest absolute Gasteiger partial charge is 0.369 e. The van der Waals surface area contributed by atoms with Crippen molar-refractivity contribution in [3.8, 4) is 0 Å². The monoisotopic (exact) mass is 277 g/mol. The minimum absolute atomic E-state index is 0.0965. The number of hydrogen-bond donors (Lipinski definition) is 1. The Morgan fingerprint density at radius 1 is 1.35 bits per heavy atom. The molecular weight excluding hydrogens is 258 g/mol. The summed E-state index contributed by atoms with van der Waals surface area (Å²) in [6, 6.07) is 1.83. The van der Waals surface area contributed by atoms with Gasteiger partial charge in [0.2, 0.25) is 5.91 Å². The molecule has 6 heteroatoms. The molecule has 0 aromatic carbocycles. The first-order chi connectivity index (χ1) is 9.56. The minimum Gasteiger partial charge on any atom is -0.369 e. The van der Waals surface area contributed by atoms with Crippen molar-refractivity contribution in [2.75, 3.05) is 6.54 Å². The van der Waals surface area contributed by atoms with Crippen LogP contribution in [0.25, 0.3) is 0 Å². The molecule has 1 aromatic rings. The Hall–Kier alpha value is -1.85. The van der Waals surface area contributed by atoms with Crippen LogP contribution in [0.2, 0.25) is 0 Å². The van der Waals surface area contributed by atoms with Crippen LogP contribution in [0.3, 0.4) is 0 Å². The quantitative estimate of drug-likeness (QED) is 0.901. The lowest BCUT2D eigenvalue weighted by Gasteiger charge is -2.36. The van der Waals surface area contributed by atoms with Gasteiger partial charge in [0.05, 0.1) is 5.92 Å². The second-order valence-electron chi connectivity index (χ2n) is 5.87. The predicted octanol–water partition coefficient (Wildman–Crippen LogP) is 1.28. The van der Waals surface area contributed by atoms with Crippen molar-refractivity contribution in [1.82, 2.24) is 10.1 Å². The van der Waals surface area contributed by atoms with Gasteiger partial charge in [-0.3, -0.25) is 9.59 Å². The molecule has 3 rings (SSSR count). The van der Waals surface area contributed by atoms with Crippen LogP contribution < -0.4 is 5.73 Å². The first-order valence-electron chi connectivity index (χ1n) is 7.13. The number of piperidine rings is 1. The summed E-state index contributed by atoms with van der Waals surface area (Å²) in [7, 11) is 0. The van der Waals surface area contributed by atoms with Crippen LogP contribution >= 0.6 is 0 Å². The average Bonchev–Trinajstić information content (AvgIpc) is 3.16. The van der Waals surface area contributed by atoms with Crippen LogP contribution in [0, 0.1) is 5.92 Å². The van der Waals surface area contributed by atoms with Gasteiger partial charge < -0.3 is 15.2 Å². The highest BCUT2D eigenvalue weighted by atomic mass is 16.5. The second-order valence-corrected chi connectivity index (χ2v) is 5.87. The first kappa shape index (κ1) is 13.1. The lowest BCUT2D eigenvalue weighted by Crippen LogP contribution is -2.48. The van der Waals surface area contributed by atoms with E-state index in [4.69, 9.17) is 10.3 Å². The summed E-state index contributed by atoms with van der Waals surface area (Å²) in [5.41, 5.74) is 5.69. The van der Waals surface area contributed by atoms with E-state index in [0.717, 1.165) is 31.4 Å². The highest BCUT2D eigenvalue weighted by Gasteiger charge is 2.34. The molecule has 2 amide bonds. The smallest absolute Gasteiger partial charge is 0.276 e. The number of primary amides is 1. The lowest BCUT2D eigenvalue weighted by molar-refractivity contribution is -0.123. The van der Waals surface area contributed by atoms with Crippen molar-refractivity contribution in [2.24, 2.45) is 11.7 Å². The topological polar surface area (TPSA) is 89.4 Å².